The third-order valence-electron chi connectivity index (χ3n) is 2.14. The van der Waals surface area contributed by atoms with Gasteiger partial charge in [0.1, 0.15) is 5.75 Å². The average molecular weight is 257 g/mol. The number of hydrogen-bond donors (Lipinski definition) is 0. The van der Waals surface area contributed by atoms with E-state index in [1.54, 1.807) is 0 Å². The van der Waals surface area contributed by atoms with Crippen molar-refractivity contribution in [3.8, 4) is 5.75 Å². The topological polar surface area (TPSA) is 9.23 Å². The molecule has 78 valence electrons. The van der Waals surface area contributed by atoms with Crippen LogP contribution in [0.5, 0.6) is 5.75 Å². The first-order valence-corrected chi connectivity index (χ1v) is 5.90. The monoisotopic (exact) mass is 256 g/mol. The highest BCUT2D eigenvalue weighted by Crippen LogP contribution is 2.24. The molecule has 0 fully saturated rings. The van der Waals surface area contributed by atoms with Gasteiger partial charge in [-0.25, -0.2) is 0 Å². The number of hydrogen-bond acceptors (Lipinski definition) is 1. The Morgan fingerprint density at radius 2 is 2.07 bits per heavy atom. The second-order valence-corrected chi connectivity index (χ2v) is 4.49. The first-order chi connectivity index (χ1) is 6.74. The van der Waals surface area contributed by atoms with E-state index in [9.17, 15) is 0 Å². The minimum absolute atomic E-state index is 0.632. The van der Waals surface area contributed by atoms with E-state index < -0.39 is 0 Å². The van der Waals surface area contributed by atoms with Crippen LogP contribution in [0.25, 0.3) is 0 Å². The third-order valence-corrected chi connectivity index (χ3v) is 2.80. The van der Waals surface area contributed by atoms with E-state index in [1.165, 1.54) is 12.8 Å². The molecule has 0 aromatic heterocycles. The standard InChI is InChI=1S/C12H17BrO/c1-3-6-10(2)9-14-12-8-5-4-7-11(12)13/h4-5,7-8,10H,3,6,9H2,1-2H3. The van der Waals surface area contributed by atoms with Crippen LogP contribution in [-0.2, 0) is 0 Å². The molecule has 1 aromatic carbocycles. The van der Waals surface area contributed by atoms with Gasteiger partial charge in [-0.1, -0.05) is 32.4 Å². The Labute approximate surface area is 94.6 Å². The first-order valence-electron chi connectivity index (χ1n) is 5.11. The lowest BCUT2D eigenvalue weighted by atomic mass is 10.1. The molecule has 0 amide bonds. The molecule has 2 heteroatoms. The number of para-hydroxylation sites is 1. The molecule has 0 aliphatic carbocycles. The molecule has 1 atom stereocenters. The average Bonchev–Trinajstić information content (AvgIpc) is 2.17. The zero-order valence-electron chi connectivity index (χ0n) is 8.79. The highest BCUT2D eigenvalue weighted by atomic mass is 79.9. The molecule has 1 rings (SSSR count). The number of ether oxygens (including phenoxy) is 1. The smallest absolute Gasteiger partial charge is 0.133 e. The summed E-state index contributed by atoms with van der Waals surface area (Å²) in [5, 5.41) is 0. The SMILES string of the molecule is CCCC(C)COc1ccccc1Br. The fourth-order valence-electron chi connectivity index (χ4n) is 1.37. The van der Waals surface area contributed by atoms with Crippen molar-refractivity contribution in [2.75, 3.05) is 6.61 Å². The Hall–Kier alpha value is -0.500. The lowest BCUT2D eigenvalue weighted by Crippen LogP contribution is -2.08. The van der Waals surface area contributed by atoms with E-state index in [-0.39, 0.29) is 0 Å². The van der Waals surface area contributed by atoms with Crippen molar-refractivity contribution in [2.45, 2.75) is 26.7 Å². The summed E-state index contributed by atoms with van der Waals surface area (Å²) in [4.78, 5) is 0. The van der Waals surface area contributed by atoms with Crippen molar-refractivity contribution in [3.63, 3.8) is 0 Å². The predicted octanol–water partition coefficient (Wildman–Crippen LogP) is 4.26. The summed E-state index contributed by atoms with van der Waals surface area (Å²) in [6, 6.07) is 7.97. The summed E-state index contributed by atoms with van der Waals surface area (Å²) in [5.41, 5.74) is 0. The van der Waals surface area contributed by atoms with Crippen LogP contribution in [-0.4, -0.2) is 6.61 Å². The molecule has 0 aliphatic heterocycles. The molecule has 0 N–H and O–H groups in total. The van der Waals surface area contributed by atoms with E-state index in [2.05, 4.69) is 29.8 Å². The molecule has 0 radical (unpaired) electrons. The molecule has 0 saturated heterocycles. The largest absolute Gasteiger partial charge is 0.492 e. The molecule has 1 nitrogen and oxygen atoms in total. The quantitative estimate of drug-likeness (QED) is 0.765. The predicted molar refractivity (Wildman–Crippen MR) is 63.7 cm³/mol. The summed E-state index contributed by atoms with van der Waals surface area (Å²) in [6.07, 6.45) is 2.45. The maximum Gasteiger partial charge on any atom is 0.133 e. The van der Waals surface area contributed by atoms with Gasteiger partial charge in [0.2, 0.25) is 0 Å². The Morgan fingerprint density at radius 1 is 1.36 bits per heavy atom. The molecule has 0 spiro atoms. The van der Waals surface area contributed by atoms with Crippen molar-refractivity contribution in [2.24, 2.45) is 5.92 Å². The summed E-state index contributed by atoms with van der Waals surface area (Å²) >= 11 is 3.46. The number of benzene rings is 1. The Bertz CT molecular complexity index is 273. The Morgan fingerprint density at radius 3 is 2.71 bits per heavy atom. The second-order valence-electron chi connectivity index (χ2n) is 3.64. The van der Waals surface area contributed by atoms with Crippen LogP contribution >= 0.6 is 15.9 Å². The van der Waals surface area contributed by atoms with Crippen LogP contribution in [0.4, 0.5) is 0 Å². The summed E-state index contributed by atoms with van der Waals surface area (Å²) in [6.45, 7) is 5.23. The van der Waals surface area contributed by atoms with Gasteiger partial charge in [0.05, 0.1) is 11.1 Å². The fourth-order valence-corrected chi connectivity index (χ4v) is 1.77. The van der Waals surface area contributed by atoms with Crippen molar-refractivity contribution in [3.05, 3.63) is 28.7 Å². The van der Waals surface area contributed by atoms with E-state index in [4.69, 9.17) is 4.74 Å². The molecule has 1 aromatic rings. The van der Waals surface area contributed by atoms with Crippen LogP contribution in [0, 0.1) is 5.92 Å². The summed E-state index contributed by atoms with van der Waals surface area (Å²) in [7, 11) is 0. The Kier molecular flexibility index (Phi) is 5.02. The number of rotatable bonds is 5. The maximum absolute atomic E-state index is 5.70. The molecular weight excluding hydrogens is 240 g/mol. The van der Waals surface area contributed by atoms with Crippen molar-refractivity contribution in [1.29, 1.82) is 0 Å². The zero-order chi connectivity index (χ0) is 10.4. The van der Waals surface area contributed by atoms with E-state index >= 15 is 0 Å². The van der Waals surface area contributed by atoms with Gasteiger partial charge < -0.3 is 4.74 Å². The van der Waals surface area contributed by atoms with Gasteiger partial charge in [0.15, 0.2) is 0 Å². The first kappa shape index (κ1) is 11.6. The second kappa shape index (κ2) is 6.07. The molecule has 14 heavy (non-hydrogen) atoms. The maximum atomic E-state index is 5.70. The van der Waals surface area contributed by atoms with Gasteiger partial charge in [-0.05, 0) is 40.4 Å². The summed E-state index contributed by atoms with van der Waals surface area (Å²) in [5.74, 6) is 1.57. The van der Waals surface area contributed by atoms with E-state index in [0.29, 0.717) is 5.92 Å². The molecule has 0 heterocycles. The zero-order valence-corrected chi connectivity index (χ0v) is 10.4. The lowest BCUT2D eigenvalue weighted by molar-refractivity contribution is 0.250. The highest BCUT2D eigenvalue weighted by molar-refractivity contribution is 9.10. The minimum Gasteiger partial charge on any atom is -0.492 e. The van der Waals surface area contributed by atoms with E-state index in [1.807, 2.05) is 24.3 Å². The van der Waals surface area contributed by atoms with Crippen molar-refractivity contribution < 1.29 is 4.74 Å². The molecular formula is C12H17BrO. The Balaban J connectivity index is 2.41. The minimum atomic E-state index is 0.632. The van der Waals surface area contributed by atoms with Gasteiger partial charge in [-0.3, -0.25) is 0 Å². The van der Waals surface area contributed by atoms with Gasteiger partial charge in [0.25, 0.3) is 0 Å². The van der Waals surface area contributed by atoms with Crippen molar-refractivity contribution >= 4 is 15.9 Å². The normalized spacial score (nSPS) is 12.5. The van der Waals surface area contributed by atoms with Gasteiger partial charge in [-0.15, -0.1) is 0 Å². The molecule has 1 unspecified atom stereocenters. The van der Waals surface area contributed by atoms with Crippen molar-refractivity contribution in [1.82, 2.24) is 0 Å². The van der Waals surface area contributed by atoms with Gasteiger partial charge in [-0.2, -0.15) is 0 Å². The van der Waals surface area contributed by atoms with Gasteiger partial charge in [0, 0.05) is 0 Å². The number of halogens is 1. The molecule has 0 saturated carbocycles. The van der Waals surface area contributed by atoms with Crippen LogP contribution in [0.1, 0.15) is 26.7 Å². The van der Waals surface area contributed by atoms with Crippen LogP contribution < -0.4 is 4.74 Å². The van der Waals surface area contributed by atoms with Crippen LogP contribution in [0.15, 0.2) is 28.7 Å². The molecule has 0 aliphatic rings. The summed E-state index contributed by atoms with van der Waals surface area (Å²) < 4.78 is 6.74. The van der Waals surface area contributed by atoms with Gasteiger partial charge >= 0.3 is 0 Å². The van der Waals surface area contributed by atoms with E-state index in [0.717, 1.165) is 16.8 Å². The van der Waals surface area contributed by atoms with Crippen LogP contribution in [0.3, 0.4) is 0 Å². The fraction of sp³-hybridized carbons (Fsp3) is 0.500. The lowest BCUT2D eigenvalue weighted by Gasteiger charge is -2.12. The highest BCUT2D eigenvalue weighted by Gasteiger charge is 2.03. The third kappa shape index (κ3) is 3.70. The molecule has 0 bridgehead atoms. The van der Waals surface area contributed by atoms with Crippen LogP contribution in [0.2, 0.25) is 0 Å².